The number of nitrogens with one attached hydrogen (secondary N) is 1. The molecule has 1 N–H and O–H groups in total. The van der Waals surface area contributed by atoms with Crippen molar-refractivity contribution >= 4 is 28.4 Å². The summed E-state index contributed by atoms with van der Waals surface area (Å²) in [5, 5.41) is 0.904. The Morgan fingerprint density at radius 3 is 2.37 bits per heavy atom. The molecule has 2 amide bonds. The van der Waals surface area contributed by atoms with Crippen molar-refractivity contribution in [1.29, 1.82) is 0 Å². The number of fused-ring (bicyclic) bond motifs is 1. The third-order valence-electron chi connectivity index (χ3n) is 6.12. The van der Waals surface area contributed by atoms with E-state index in [1.54, 1.807) is 23.2 Å². The lowest BCUT2D eigenvalue weighted by Gasteiger charge is -2.43. The van der Waals surface area contributed by atoms with Crippen LogP contribution in [0.4, 0.5) is 10.1 Å². The second-order valence-electron chi connectivity index (χ2n) is 7.92. The maximum absolute atomic E-state index is 14.0. The van der Waals surface area contributed by atoms with E-state index in [0.29, 0.717) is 50.5 Å². The van der Waals surface area contributed by atoms with Crippen LogP contribution in [0.1, 0.15) is 10.4 Å². The van der Waals surface area contributed by atoms with Crippen LogP contribution in [0.5, 0.6) is 0 Å². The van der Waals surface area contributed by atoms with Gasteiger partial charge < -0.3 is 19.7 Å². The summed E-state index contributed by atoms with van der Waals surface area (Å²) in [7, 11) is 0. The van der Waals surface area contributed by atoms with Gasteiger partial charge in [0.05, 0.1) is 17.2 Å². The lowest BCUT2D eigenvalue weighted by molar-refractivity contribution is -0.140. The number of halogens is 1. The number of anilines is 1. The van der Waals surface area contributed by atoms with E-state index in [0.717, 1.165) is 10.9 Å². The summed E-state index contributed by atoms with van der Waals surface area (Å²) in [6.45, 7) is 3.25. The monoisotopic (exact) mass is 406 g/mol. The quantitative estimate of drug-likeness (QED) is 0.728. The van der Waals surface area contributed by atoms with Crippen LogP contribution in [0.2, 0.25) is 0 Å². The summed E-state index contributed by atoms with van der Waals surface area (Å²) in [5.41, 5.74) is 2.17. The second kappa shape index (κ2) is 7.48. The van der Waals surface area contributed by atoms with Crippen molar-refractivity contribution < 1.29 is 14.0 Å². The topological polar surface area (TPSA) is 59.7 Å². The van der Waals surface area contributed by atoms with Crippen molar-refractivity contribution in [3.63, 3.8) is 0 Å². The molecule has 2 aliphatic rings. The maximum atomic E-state index is 14.0. The highest BCUT2D eigenvalue weighted by atomic mass is 19.1. The average Bonchev–Trinajstić information content (AvgIpc) is 3.17. The normalized spacial score (nSPS) is 17.3. The van der Waals surface area contributed by atoms with Crippen molar-refractivity contribution in [2.24, 2.45) is 5.92 Å². The Morgan fingerprint density at radius 1 is 0.900 bits per heavy atom. The van der Waals surface area contributed by atoms with Gasteiger partial charge in [0.15, 0.2) is 0 Å². The van der Waals surface area contributed by atoms with Crippen molar-refractivity contribution in [1.82, 2.24) is 14.8 Å². The van der Waals surface area contributed by atoms with Gasteiger partial charge in [-0.25, -0.2) is 4.39 Å². The van der Waals surface area contributed by atoms with Gasteiger partial charge in [0, 0.05) is 56.4 Å². The van der Waals surface area contributed by atoms with Crippen LogP contribution in [-0.4, -0.2) is 65.9 Å². The molecule has 6 nitrogen and oxygen atoms in total. The fourth-order valence-corrected chi connectivity index (χ4v) is 4.35. The highest BCUT2D eigenvalue weighted by Crippen LogP contribution is 2.26. The number of carbonyl (C=O) groups is 2. The molecule has 1 aromatic heterocycles. The SMILES string of the molecule is O=C(c1c[nH]c2ccccc12)N1CC(C(=O)N2CCN(c3ccccc3F)CC2)C1. The number of benzene rings is 2. The fourth-order valence-electron chi connectivity index (χ4n) is 4.35. The Bertz CT molecular complexity index is 1100. The molecule has 2 aliphatic heterocycles. The summed E-state index contributed by atoms with van der Waals surface area (Å²) >= 11 is 0. The van der Waals surface area contributed by atoms with E-state index in [9.17, 15) is 14.0 Å². The van der Waals surface area contributed by atoms with Crippen LogP contribution in [0.3, 0.4) is 0 Å². The smallest absolute Gasteiger partial charge is 0.256 e. The first kappa shape index (κ1) is 18.7. The van der Waals surface area contributed by atoms with Crippen molar-refractivity contribution in [3.8, 4) is 0 Å². The summed E-state index contributed by atoms with van der Waals surface area (Å²) in [5.74, 6) is -0.339. The molecule has 0 spiro atoms. The molecule has 0 unspecified atom stereocenters. The van der Waals surface area contributed by atoms with Crippen molar-refractivity contribution in [2.45, 2.75) is 0 Å². The second-order valence-corrected chi connectivity index (χ2v) is 7.92. The summed E-state index contributed by atoms with van der Waals surface area (Å²) in [6, 6.07) is 14.4. The number of rotatable bonds is 3. The lowest BCUT2D eigenvalue weighted by Crippen LogP contribution is -2.59. The number of nitrogens with zero attached hydrogens (tertiary/aromatic N) is 3. The largest absolute Gasteiger partial charge is 0.366 e. The van der Waals surface area contributed by atoms with Crippen molar-refractivity contribution in [3.05, 3.63) is 66.1 Å². The van der Waals surface area contributed by atoms with Gasteiger partial charge in [0.2, 0.25) is 5.91 Å². The van der Waals surface area contributed by atoms with Crippen LogP contribution < -0.4 is 4.90 Å². The molecule has 0 atom stereocenters. The average molecular weight is 406 g/mol. The van der Waals surface area contributed by atoms with E-state index in [-0.39, 0.29) is 23.5 Å². The maximum Gasteiger partial charge on any atom is 0.256 e. The molecule has 0 aliphatic carbocycles. The molecule has 5 rings (SSSR count). The molecule has 2 aromatic carbocycles. The van der Waals surface area contributed by atoms with E-state index >= 15 is 0 Å². The summed E-state index contributed by atoms with van der Waals surface area (Å²) < 4.78 is 14.0. The molecule has 0 bridgehead atoms. The minimum atomic E-state index is -0.234. The molecule has 0 saturated carbocycles. The van der Waals surface area contributed by atoms with Crippen LogP contribution in [-0.2, 0) is 4.79 Å². The molecular weight excluding hydrogens is 383 g/mol. The van der Waals surface area contributed by atoms with E-state index in [4.69, 9.17) is 0 Å². The third kappa shape index (κ3) is 3.20. The van der Waals surface area contributed by atoms with Crippen LogP contribution in [0.25, 0.3) is 10.9 Å². The zero-order chi connectivity index (χ0) is 20.7. The number of H-pyrrole nitrogens is 1. The first-order chi connectivity index (χ1) is 14.6. The molecule has 2 fully saturated rings. The lowest BCUT2D eigenvalue weighted by atomic mass is 9.96. The Balaban J connectivity index is 1.17. The highest BCUT2D eigenvalue weighted by molar-refractivity contribution is 6.07. The van der Waals surface area contributed by atoms with Gasteiger partial charge in [0.25, 0.3) is 5.91 Å². The molecule has 0 radical (unpaired) electrons. The van der Waals surface area contributed by atoms with Gasteiger partial charge in [-0.3, -0.25) is 9.59 Å². The third-order valence-corrected chi connectivity index (χ3v) is 6.12. The molecule has 30 heavy (non-hydrogen) atoms. The minimum absolute atomic E-state index is 0.0409. The van der Waals surface area contributed by atoms with Crippen LogP contribution >= 0.6 is 0 Å². The number of para-hydroxylation sites is 2. The zero-order valence-electron chi connectivity index (χ0n) is 16.6. The Hall–Kier alpha value is -3.35. The number of amides is 2. The first-order valence-electron chi connectivity index (χ1n) is 10.3. The number of hydrogen-bond acceptors (Lipinski definition) is 3. The number of aromatic nitrogens is 1. The Kier molecular flexibility index (Phi) is 4.65. The van der Waals surface area contributed by atoms with E-state index in [1.165, 1.54) is 6.07 Å². The van der Waals surface area contributed by atoms with Crippen molar-refractivity contribution in [2.75, 3.05) is 44.2 Å². The Morgan fingerprint density at radius 2 is 1.60 bits per heavy atom. The van der Waals surface area contributed by atoms with Gasteiger partial charge in [-0.15, -0.1) is 0 Å². The van der Waals surface area contributed by atoms with E-state index < -0.39 is 0 Å². The molecule has 3 aromatic rings. The van der Waals surface area contributed by atoms with E-state index in [1.807, 2.05) is 40.1 Å². The molecular formula is C23H23FN4O2. The molecule has 3 heterocycles. The zero-order valence-corrected chi connectivity index (χ0v) is 16.6. The van der Waals surface area contributed by atoms with Gasteiger partial charge in [-0.2, -0.15) is 0 Å². The number of hydrogen-bond donors (Lipinski definition) is 1. The standard InChI is InChI=1S/C23H23FN4O2/c24-19-6-2-4-8-21(19)26-9-11-27(12-10-26)22(29)16-14-28(15-16)23(30)18-13-25-20-7-3-1-5-17(18)20/h1-8,13,16,25H,9-12,14-15H2. The van der Waals surface area contributed by atoms with Gasteiger partial charge in [0.1, 0.15) is 5.82 Å². The predicted octanol–water partition coefficient (Wildman–Crippen LogP) is 2.73. The van der Waals surface area contributed by atoms with Crippen LogP contribution in [0, 0.1) is 11.7 Å². The van der Waals surface area contributed by atoms with Gasteiger partial charge in [-0.05, 0) is 18.2 Å². The molecule has 7 heteroatoms. The number of likely N-dealkylation sites (tertiary alicyclic amines) is 1. The van der Waals surface area contributed by atoms with Gasteiger partial charge >= 0.3 is 0 Å². The predicted molar refractivity (Wildman–Crippen MR) is 113 cm³/mol. The molecule has 154 valence electrons. The number of piperazine rings is 1. The summed E-state index contributed by atoms with van der Waals surface area (Å²) in [4.78, 5) is 34.3. The number of aromatic amines is 1. The minimum Gasteiger partial charge on any atom is -0.366 e. The van der Waals surface area contributed by atoms with E-state index in [2.05, 4.69) is 4.98 Å². The Labute approximate surface area is 173 Å². The summed E-state index contributed by atoms with van der Waals surface area (Å²) in [6.07, 6.45) is 1.74. The number of carbonyl (C=O) groups excluding carboxylic acids is 2. The molecule has 2 saturated heterocycles. The van der Waals surface area contributed by atoms with Crippen LogP contribution in [0.15, 0.2) is 54.7 Å². The highest BCUT2D eigenvalue weighted by Gasteiger charge is 2.39. The fraction of sp³-hybridized carbons (Fsp3) is 0.304. The first-order valence-corrected chi connectivity index (χ1v) is 10.3. The van der Waals surface area contributed by atoms with Gasteiger partial charge in [-0.1, -0.05) is 30.3 Å².